The number of H-pyrrole nitrogens is 1. The van der Waals surface area contributed by atoms with Crippen molar-refractivity contribution in [2.45, 2.75) is 13.3 Å². The Balaban J connectivity index is 1.67. The van der Waals surface area contributed by atoms with Crippen molar-refractivity contribution in [1.29, 1.82) is 0 Å². The maximum Gasteiger partial charge on any atom is 0.260 e. The lowest BCUT2D eigenvalue weighted by atomic mass is 10.2. The van der Waals surface area contributed by atoms with Gasteiger partial charge in [0.2, 0.25) is 5.91 Å². The summed E-state index contributed by atoms with van der Waals surface area (Å²) in [7, 11) is 0. The van der Waals surface area contributed by atoms with Crippen molar-refractivity contribution in [3.05, 3.63) is 75.7 Å². The van der Waals surface area contributed by atoms with Crippen molar-refractivity contribution in [3.63, 3.8) is 0 Å². The first-order chi connectivity index (χ1) is 12.1. The SMILES string of the molecule is Cc1ccc(C(=O)NCCCNC(=O)/C=C/c2ccccc2)c(=O)[nH]1. The molecule has 2 rings (SSSR count). The average Bonchev–Trinajstić information content (AvgIpc) is 2.60. The van der Waals surface area contributed by atoms with Gasteiger partial charge in [0.1, 0.15) is 5.56 Å². The molecule has 0 radical (unpaired) electrons. The van der Waals surface area contributed by atoms with Crippen LogP contribution >= 0.6 is 0 Å². The van der Waals surface area contributed by atoms with E-state index in [4.69, 9.17) is 0 Å². The van der Waals surface area contributed by atoms with Gasteiger partial charge in [-0.05, 0) is 37.1 Å². The fourth-order valence-electron chi connectivity index (χ4n) is 2.14. The van der Waals surface area contributed by atoms with Gasteiger partial charge in [0.15, 0.2) is 0 Å². The fourth-order valence-corrected chi connectivity index (χ4v) is 2.14. The van der Waals surface area contributed by atoms with Crippen LogP contribution in [0.15, 0.2) is 53.3 Å². The molecular formula is C19H21N3O3. The van der Waals surface area contributed by atoms with Crippen molar-refractivity contribution in [3.8, 4) is 0 Å². The molecule has 25 heavy (non-hydrogen) atoms. The lowest BCUT2D eigenvalue weighted by Crippen LogP contribution is -2.32. The standard InChI is InChI=1S/C19H21N3O3/c1-14-8-10-16(19(25)22-14)18(24)21-13-5-12-20-17(23)11-9-15-6-3-2-4-7-15/h2-4,6-11H,5,12-13H2,1H3,(H,20,23)(H,21,24)(H,22,25)/b11-9+. The van der Waals surface area contributed by atoms with Gasteiger partial charge in [-0.25, -0.2) is 0 Å². The van der Waals surface area contributed by atoms with Gasteiger partial charge in [0, 0.05) is 24.9 Å². The first-order valence-corrected chi connectivity index (χ1v) is 8.05. The van der Waals surface area contributed by atoms with Crippen molar-refractivity contribution < 1.29 is 9.59 Å². The quantitative estimate of drug-likeness (QED) is 0.529. The Labute approximate surface area is 146 Å². The number of carbonyl (C=O) groups is 2. The molecule has 0 aliphatic heterocycles. The van der Waals surface area contributed by atoms with Crippen LogP contribution in [-0.2, 0) is 4.79 Å². The summed E-state index contributed by atoms with van der Waals surface area (Å²) in [4.78, 5) is 37.8. The molecule has 0 saturated heterocycles. The van der Waals surface area contributed by atoms with E-state index in [0.29, 0.717) is 25.2 Å². The van der Waals surface area contributed by atoms with Gasteiger partial charge in [-0.2, -0.15) is 0 Å². The number of hydrogen-bond donors (Lipinski definition) is 3. The minimum absolute atomic E-state index is 0.0837. The highest BCUT2D eigenvalue weighted by Crippen LogP contribution is 2.00. The van der Waals surface area contributed by atoms with Gasteiger partial charge in [0.25, 0.3) is 11.5 Å². The maximum atomic E-state index is 11.9. The molecule has 6 heteroatoms. The van der Waals surface area contributed by atoms with Crippen LogP contribution in [0.5, 0.6) is 0 Å². The Kier molecular flexibility index (Phi) is 6.71. The molecule has 0 saturated carbocycles. The topological polar surface area (TPSA) is 91.1 Å². The zero-order valence-electron chi connectivity index (χ0n) is 14.0. The van der Waals surface area contributed by atoms with E-state index in [1.807, 2.05) is 30.3 Å². The number of nitrogens with one attached hydrogen (secondary N) is 3. The summed E-state index contributed by atoms with van der Waals surface area (Å²) in [5.74, 6) is -0.610. The molecular weight excluding hydrogens is 318 g/mol. The predicted molar refractivity (Wildman–Crippen MR) is 97.2 cm³/mol. The van der Waals surface area contributed by atoms with Crippen LogP contribution in [0, 0.1) is 6.92 Å². The third kappa shape index (κ3) is 6.10. The lowest BCUT2D eigenvalue weighted by Gasteiger charge is -2.05. The largest absolute Gasteiger partial charge is 0.352 e. The molecule has 0 unspecified atom stereocenters. The van der Waals surface area contributed by atoms with E-state index in [2.05, 4.69) is 15.6 Å². The molecule has 1 aromatic heterocycles. The van der Waals surface area contributed by atoms with Gasteiger partial charge in [-0.1, -0.05) is 30.3 Å². The summed E-state index contributed by atoms with van der Waals surface area (Å²) < 4.78 is 0. The molecule has 0 spiro atoms. The van der Waals surface area contributed by atoms with Crippen LogP contribution in [-0.4, -0.2) is 29.9 Å². The number of pyridine rings is 1. The van der Waals surface area contributed by atoms with Crippen molar-refractivity contribution in [2.75, 3.05) is 13.1 Å². The number of benzene rings is 1. The molecule has 6 nitrogen and oxygen atoms in total. The van der Waals surface area contributed by atoms with Crippen LogP contribution in [0.2, 0.25) is 0 Å². The number of aromatic nitrogens is 1. The molecule has 130 valence electrons. The molecule has 0 aliphatic rings. The van der Waals surface area contributed by atoms with Crippen molar-refractivity contribution in [2.24, 2.45) is 0 Å². The molecule has 3 N–H and O–H groups in total. The van der Waals surface area contributed by atoms with Gasteiger partial charge >= 0.3 is 0 Å². The number of aryl methyl sites for hydroxylation is 1. The summed E-state index contributed by atoms with van der Waals surface area (Å²) in [6, 6.07) is 12.7. The highest BCUT2D eigenvalue weighted by Gasteiger charge is 2.09. The van der Waals surface area contributed by atoms with Crippen LogP contribution < -0.4 is 16.2 Å². The Bertz CT molecular complexity index is 810. The lowest BCUT2D eigenvalue weighted by molar-refractivity contribution is -0.116. The number of aromatic amines is 1. The maximum absolute atomic E-state index is 11.9. The van der Waals surface area contributed by atoms with Gasteiger partial charge in [0.05, 0.1) is 0 Å². The molecule has 2 aromatic rings. The molecule has 0 aliphatic carbocycles. The summed E-state index contributed by atoms with van der Waals surface area (Å²) in [5, 5.41) is 5.40. The van der Waals surface area contributed by atoms with E-state index in [9.17, 15) is 14.4 Å². The molecule has 0 bridgehead atoms. The van der Waals surface area contributed by atoms with Crippen LogP contribution in [0.4, 0.5) is 0 Å². The Hall–Kier alpha value is -3.15. The zero-order chi connectivity index (χ0) is 18.1. The summed E-state index contributed by atoms with van der Waals surface area (Å²) in [6.45, 7) is 2.55. The van der Waals surface area contributed by atoms with E-state index >= 15 is 0 Å². The monoisotopic (exact) mass is 339 g/mol. The first-order valence-electron chi connectivity index (χ1n) is 8.05. The van der Waals surface area contributed by atoms with E-state index in [1.165, 1.54) is 12.1 Å². The number of hydrogen-bond acceptors (Lipinski definition) is 3. The van der Waals surface area contributed by atoms with E-state index in [1.54, 1.807) is 19.1 Å². The minimum atomic E-state index is -0.420. The van der Waals surface area contributed by atoms with Gasteiger partial charge in [-0.15, -0.1) is 0 Å². The highest BCUT2D eigenvalue weighted by atomic mass is 16.2. The van der Waals surface area contributed by atoms with Crippen LogP contribution in [0.3, 0.4) is 0 Å². The number of rotatable bonds is 7. The molecule has 0 fully saturated rings. The van der Waals surface area contributed by atoms with Crippen molar-refractivity contribution in [1.82, 2.24) is 15.6 Å². The van der Waals surface area contributed by atoms with Gasteiger partial charge < -0.3 is 15.6 Å². The Morgan fingerprint density at radius 1 is 1.04 bits per heavy atom. The Morgan fingerprint density at radius 3 is 2.48 bits per heavy atom. The van der Waals surface area contributed by atoms with E-state index < -0.39 is 11.5 Å². The van der Waals surface area contributed by atoms with Crippen molar-refractivity contribution >= 4 is 17.9 Å². The normalized spacial score (nSPS) is 10.6. The smallest absolute Gasteiger partial charge is 0.260 e. The average molecular weight is 339 g/mol. The fraction of sp³-hybridized carbons (Fsp3) is 0.211. The van der Waals surface area contributed by atoms with Crippen LogP contribution in [0.25, 0.3) is 6.08 Å². The summed E-state index contributed by atoms with van der Waals surface area (Å²) in [5.41, 5.74) is 1.33. The highest BCUT2D eigenvalue weighted by molar-refractivity contribution is 5.93. The molecule has 1 aromatic carbocycles. The predicted octanol–water partition coefficient (Wildman–Crippen LogP) is 1.63. The number of carbonyl (C=O) groups excluding carboxylic acids is 2. The van der Waals surface area contributed by atoms with E-state index in [-0.39, 0.29) is 11.5 Å². The second kappa shape index (κ2) is 9.22. The molecule has 0 atom stereocenters. The molecule has 2 amide bonds. The third-order valence-electron chi connectivity index (χ3n) is 3.47. The zero-order valence-corrected chi connectivity index (χ0v) is 14.0. The first kappa shape index (κ1) is 18.2. The third-order valence-corrected chi connectivity index (χ3v) is 3.47. The minimum Gasteiger partial charge on any atom is -0.352 e. The molecule has 1 heterocycles. The van der Waals surface area contributed by atoms with E-state index in [0.717, 1.165) is 5.56 Å². The Morgan fingerprint density at radius 2 is 1.76 bits per heavy atom. The van der Waals surface area contributed by atoms with Gasteiger partial charge in [-0.3, -0.25) is 14.4 Å². The summed E-state index contributed by atoms with van der Waals surface area (Å²) in [6.07, 6.45) is 3.78. The van der Waals surface area contributed by atoms with Crippen LogP contribution in [0.1, 0.15) is 28.0 Å². The second-order valence-corrected chi connectivity index (χ2v) is 5.53. The summed E-state index contributed by atoms with van der Waals surface area (Å²) >= 11 is 0. The number of amides is 2. The second-order valence-electron chi connectivity index (χ2n) is 5.53.